The van der Waals surface area contributed by atoms with Crippen LogP contribution in [0.3, 0.4) is 0 Å². The van der Waals surface area contributed by atoms with E-state index < -0.39 is 23.6 Å². The van der Waals surface area contributed by atoms with Gasteiger partial charge in [-0.3, -0.25) is 48.6 Å². The maximum atomic E-state index is 13.9. The van der Waals surface area contributed by atoms with E-state index in [0.29, 0.717) is 83.1 Å². The molecule has 324 valence electrons. The lowest BCUT2D eigenvalue weighted by atomic mass is 10.0. The molecule has 62 heavy (non-hydrogen) atoms. The molecule has 6 aromatic rings. The molecule has 21 nitrogen and oxygen atoms in total. The summed E-state index contributed by atoms with van der Waals surface area (Å²) >= 11 is 0. The van der Waals surface area contributed by atoms with Gasteiger partial charge in [-0.25, -0.2) is 15.0 Å². The number of benzene rings is 1. The van der Waals surface area contributed by atoms with Crippen molar-refractivity contribution in [2.45, 2.75) is 53.9 Å². The SMILES string of the molecule is CCn1nc(C)cc1C(=O)Nc1nc2cc(C(N)=O)cnc2n1C/C=C/Cn1c(NC(=O)c2c(N)c(C)nn2CC)nc2cc(C(N)=O)cc(OCCN3C[C@H]4CNC[C@H]4C3)c21. The van der Waals surface area contributed by atoms with Gasteiger partial charge >= 0.3 is 0 Å². The van der Waals surface area contributed by atoms with Gasteiger partial charge in [0.05, 0.1) is 28.2 Å². The van der Waals surface area contributed by atoms with Crippen molar-refractivity contribution in [2.75, 3.05) is 55.7 Å². The average molecular weight is 847 g/mol. The van der Waals surface area contributed by atoms with Crippen LogP contribution in [0.2, 0.25) is 0 Å². The van der Waals surface area contributed by atoms with E-state index in [-0.39, 0.29) is 47.5 Å². The number of nitrogens with zero attached hydrogens (tertiary/aromatic N) is 10. The van der Waals surface area contributed by atoms with Crippen LogP contribution in [0.4, 0.5) is 17.6 Å². The molecule has 21 heteroatoms. The number of aryl methyl sites for hydroxylation is 4. The predicted molar refractivity (Wildman–Crippen MR) is 231 cm³/mol. The Hall–Kier alpha value is -7.13. The molecule has 5 aromatic heterocycles. The Bertz CT molecular complexity index is 2750. The molecule has 2 saturated heterocycles. The van der Waals surface area contributed by atoms with Gasteiger partial charge in [0.2, 0.25) is 23.7 Å². The van der Waals surface area contributed by atoms with Crippen LogP contribution in [0, 0.1) is 25.7 Å². The van der Waals surface area contributed by atoms with Gasteiger partial charge in [0.15, 0.2) is 5.65 Å². The summed E-state index contributed by atoms with van der Waals surface area (Å²) in [4.78, 5) is 68.4. The number of carbonyl (C=O) groups is 4. The van der Waals surface area contributed by atoms with Crippen molar-refractivity contribution >= 4 is 63.4 Å². The Morgan fingerprint density at radius 3 is 2.18 bits per heavy atom. The van der Waals surface area contributed by atoms with Crippen molar-refractivity contribution in [3.63, 3.8) is 0 Å². The summed E-state index contributed by atoms with van der Waals surface area (Å²) in [5.74, 6) is -0.340. The first-order valence-corrected chi connectivity index (χ1v) is 20.5. The van der Waals surface area contributed by atoms with Crippen LogP contribution in [0.15, 0.2) is 42.6 Å². The number of allylic oxidation sites excluding steroid dienone is 2. The van der Waals surface area contributed by atoms with E-state index >= 15 is 0 Å². The smallest absolute Gasteiger partial charge is 0.278 e. The zero-order valence-electron chi connectivity index (χ0n) is 35.0. The van der Waals surface area contributed by atoms with Crippen LogP contribution in [0.25, 0.3) is 22.2 Å². The van der Waals surface area contributed by atoms with Gasteiger partial charge in [0.25, 0.3) is 11.8 Å². The third-order valence-corrected chi connectivity index (χ3v) is 11.4. The van der Waals surface area contributed by atoms with Crippen molar-refractivity contribution in [1.82, 2.24) is 53.9 Å². The molecule has 4 amide bonds. The number of imidazole rings is 2. The van der Waals surface area contributed by atoms with Gasteiger partial charge in [-0.15, -0.1) is 0 Å². The minimum atomic E-state index is -0.670. The Morgan fingerprint density at radius 2 is 1.48 bits per heavy atom. The van der Waals surface area contributed by atoms with Crippen LogP contribution in [0.1, 0.15) is 66.9 Å². The van der Waals surface area contributed by atoms with Crippen molar-refractivity contribution in [3.8, 4) is 5.75 Å². The third-order valence-electron chi connectivity index (χ3n) is 11.4. The van der Waals surface area contributed by atoms with Crippen molar-refractivity contribution in [1.29, 1.82) is 0 Å². The monoisotopic (exact) mass is 846 g/mol. The number of nitrogens with one attached hydrogen (secondary N) is 3. The summed E-state index contributed by atoms with van der Waals surface area (Å²) in [5.41, 5.74) is 21.6. The molecule has 2 aliphatic rings. The summed E-state index contributed by atoms with van der Waals surface area (Å²) < 4.78 is 13.0. The summed E-state index contributed by atoms with van der Waals surface area (Å²) in [6.45, 7) is 13.5. The normalized spacial score (nSPS) is 16.5. The summed E-state index contributed by atoms with van der Waals surface area (Å²) in [6, 6.07) is 6.36. The van der Waals surface area contributed by atoms with Gasteiger partial charge in [0, 0.05) is 57.6 Å². The molecule has 0 spiro atoms. The molecular weight excluding hydrogens is 797 g/mol. The number of pyridine rings is 1. The van der Waals surface area contributed by atoms with E-state index in [1.54, 1.807) is 45.9 Å². The highest BCUT2D eigenvalue weighted by Gasteiger charge is 2.36. The number of nitrogens with two attached hydrogens (primary N) is 3. The number of fused-ring (bicyclic) bond motifs is 3. The second-order valence-corrected chi connectivity index (χ2v) is 15.5. The van der Waals surface area contributed by atoms with Crippen LogP contribution < -0.4 is 37.9 Å². The molecule has 2 fully saturated rings. The molecular formula is C41H50N16O5. The Morgan fingerprint density at radius 1 is 0.839 bits per heavy atom. The second-order valence-electron chi connectivity index (χ2n) is 15.5. The van der Waals surface area contributed by atoms with Gasteiger partial charge in [-0.2, -0.15) is 10.2 Å². The lowest BCUT2D eigenvalue weighted by molar-refractivity contribution is 0.0991. The molecule has 0 bridgehead atoms. The van der Waals surface area contributed by atoms with Crippen LogP contribution in [-0.4, -0.2) is 112 Å². The number of primary amides is 2. The quantitative estimate of drug-likeness (QED) is 0.0761. The number of aromatic nitrogens is 9. The summed E-state index contributed by atoms with van der Waals surface area (Å²) in [7, 11) is 0. The standard InChI is InChI=1S/C41H50N16O5/c1-5-56-30(13-22(3)51-56)38(60)49-41-48-29-15-25(36(44)59)19-46-37(29)55(41)10-8-7-9-54-33-28(47-40(54)50-39(61)34-32(42)23(4)52-57(34)6-2)14-24(35(43)58)16-31(33)62-12-11-53-20-26-17-45-18-27(26)21-53/h7-8,13-16,19,26-27,45H,5-6,9-12,17-18,20-21,42H2,1-4H3,(H2,43,58)(H2,44,59)(H,47,50,61)(H,48,49,60)/b8-7+/t26-,27+. The van der Waals surface area contributed by atoms with Gasteiger partial charge in [-0.05, 0) is 76.9 Å². The number of rotatable bonds is 16. The number of anilines is 3. The number of amides is 4. The molecule has 8 rings (SSSR count). The maximum absolute atomic E-state index is 13.9. The Labute approximate surface area is 355 Å². The lowest BCUT2D eigenvalue weighted by Crippen LogP contribution is -2.29. The lowest BCUT2D eigenvalue weighted by Gasteiger charge is -2.18. The molecule has 2 atom stereocenters. The molecule has 0 saturated carbocycles. The topological polar surface area (TPSA) is 279 Å². The van der Waals surface area contributed by atoms with Gasteiger partial charge < -0.3 is 31.8 Å². The average Bonchev–Trinajstić information content (AvgIpc) is 4.09. The largest absolute Gasteiger partial charge is 0.490 e. The molecule has 2 aliphatic heterocycles. The summed E-state index contributed by atoms with van der Waals surface area (Å²) in [6.07, 6.45) is 5.04. The first-order chi connectivity index (χ1) is 29.8. The number of hydrogen-bond acceptors (Lipinski definition) is 13. The first kappa shape index (κ1) is 41.6. The highest BCUT2D eigenvalue weighted by Crippen LogP contribution is 2.32. The third kappa shape index (κ3) is 8.06. The molecule has 1 aromatic carbocycles. The highest BCUT2D eigenvalue weighted by atomic mass is 16.5. The first-order valence-electron chi connectivity index (χ1n) is 20.5. The Kier molecular flexibility index (Phi) is 11.5. The highest BCUT2D eigenvalue weighted by molar-refractivity contribution is 6.07. The Balaban J connectivity index is 1.13. The number of hydrogen-bond donors (Lipinski definition) is 6. The van der Waals surface area contributed by atoms with Crippen molar-refractivity contribution in [3.05, 3.63) is 76.5 Å². The fraction of sp³-hybridized carbons (Fsp3) is 0.390. The van der Waals surface area contributed by atoms with Crippen molar-refractivity contribution in [2.24, 2.45) is 23.3 Å². The minimum Gasteiger partial charge on any atom is -0.490 e. The van der Waals surface area contributed by atoms with E-state index in [1.165, 1.54) is 16.9 Å². The van der Waals surface area contributed by atoms with Crippen LogP contribution in [-0.2, 0) is 26.2 Å². The van der Waals surface area contributed by atoms with Crippen LogP contribution >= 0.6 is 0 Å². The predicted octanol–water partition coefficient (Wildman–Crippen LogP) is 1.90. The summed E-state index contributed by atoms with van der Waals surface area (Å²) in [5, 5.41) is 18.1. The zero-order valence-corrected chi connectivity index (χ0v) is 35.0. The molecule has 0 aliphatic carbocycles. The van der Waals surface area contributed by atoms with E-state index in [1.807, 2.05) is 26.0 Å². The van der Waals surface area contributed by atoms with E-state index in [4.69, 9.17) is 26.9 Å². The minimum absolute atomic E-state index is 0.158. The number of nitrogen functional groups attached to an aromatic ring is 1. The van der Waals surface area contributed by atoms with Gasteiger partial charge in [-0.1, -0.05) is 12.2 Å². The van der Waals surface area contributed by atoms with Crippen LogP contribution in [0.5, 0.6) is 5.75 Å². The second kappa shape index (κ2) is 17.1. The van der Waals surface area contributed by atoms with E-state index in [2.05, 4.69) is 41.0 Å². The van der Waals surface area contributed by atoms with E-state index in [9.17, 15) is 19.2 Å². The van der Waals surface area contributed by atoms with Crippen molar-refractivity contribution < 1.29 is 23.9 Å². The maximum Gasteiger partial charge on any atom is 0.278 e. The molecule has 0 radical (unpaired) electrons. The number of carbonyl (C=O) groups excluding carboxylic acids is 4. The molecule has 9 N–H and O–H groups in total. The number of ether oxygens (including phenoxy) is 1. The molecule has 0 unspecified atom stereocenters. The fourth-order valence-corrected chi connectivity index (χ4v) is 8.31. The van der Waals surface area contributed by atoms with E-state index in [0.717, 1.165) is 26.2 Å². The number of likely N-dealkylation sites (tertiary alicyclic amines) is 1. The zero-order chi connectivity index (χ0) is 43.8. The fourth-order valence-electron chi connectivity index (χ4n) is 8.31. The van der Waals surface area contributed by atoms with Gasteiger partial charge in [0.1, 0.15) is 34.8 Å². The molecule has 7 heterocycles.